The molecule has 0 fully saturated rings. The first kappa shape index (κ1) is 9.14. The van der Waals surface area contributed by atoms with Gasteiger partial charge in [0.1, 0.15) is 17.7 Å². The number of benzene rings is 1. The third-order valence-electron chi connectivity index (χ3n) is 1.50. The smallest absolute Gasteiger partial charge is 0.145 e. The normalized spacial score (nSPS) is 9.58. The molecule has 0 aromatic heterocycles. The third kappa shape index (κ3) is 1.32. The lowest BCUT2D eigenvalue weighted by Gasteiger charge is -2.02. The maximum absolute atomic E-state index is 13.0. The van der Waals surface area contributed by atoms with Gasteiger partial charge < -0.3 is 0 Å². The molecule has 0 heterocycles. The first-order chi connectivity index (χ1) is 5.57. The van der Waals surface area contributed by atoms with Crippen molar-refractivity contribution in [2.24, 2.45) is 0 Å². The van der Waals surface area contributed by atoms with Crippen LogP contribution in [0.4, 0.5) is 8.78 Å². The standard InChI is InChI=1S/C8H4BrF2N/c1-4-7(9)6(10)2-5(3-12)8(4)11/h2H,1H3. The summed E-state index contributed by atoms with van der Waals surface area (Å²) in [7, 11) is 0. The minimum atomic E-state index is -0.675. The van der Waals surface area contributed by atoms with Gasteiger partial charge in [-0.2, -0.15) is 5.26 Å². The molecule has 0 atom stereocenters. The number of nitriles is 1. The van der Waals surface area contributed by atoms with Crippen LogP contribution in [-0.4, -0.2) is 0 Å². The Morgan fingerprint density at radius 1 is 1.50 bits per heavy atom. The Labute approximate surface area is 76.8 Å². The number of rotatable bonds is 0. The van der Waals surface area contributed by atoms with Crippen molar-refractivity contribution in [2.45, 2.75) is 6.92 Å². The van der Waals surface area contributed by atoms with Gasteiger partial charge in [-0.3, -0.25) is 0 Å². The number of hydrogen-bond acceptors (Lipinski definition) is 1. The van der Waals surface area contributed by atoms with E-state index in [9.17, 15) is 8.78 Å². The summed E-state index contributed by atoms with van der Waals surface area (Å²) in [4.78, 5) is 0. The molecule has 0 bridgehead atoms. The topological polar surface area (TPSA) is 23.8 Å². The molecule has 0 N–H and O–H groups in total. The van der Waals surface area contributed by atoms with E-state index >= 15 is 0 Å². The summed E-state index contributed by atoms with van der Waals surface area (Å²) in [5.74, 6) is -1.30. The molecule has 1 aromatic rings. The van der Waals surface area contributed by atoms with Crippen molar-refractivity contribution < 1.29 is 8.78 Å². The molecule has 0 amide bonds. The lowest BCUT2D eigenvalue weighted by molar-refractivity contribution is 0.583. The monoisotopic (exact) mass is 231 g/mol. The van der Waals surface area contributed by atoms with Gasteiger partial charge in [-0.1, -0.05) is 0 Å². The van der Waals surface area contributed by atoms with Crippen LogP contribution in [-0.2, 0) is 0 Å². The Hall–Kier alpha value is -0.950. The highest BCUT2D eigenvalue weighted by molar-refractivity contribution is 9.10. The van der Waals surface area contributed by atoms with Gasteiger partial charge in [0, 0.05) is 5.56 Å². The third-order valence-corrected chi connectivity index (χ3v) is 2.47. The van der Waals surface area contributed by atoms with E-state index in [1.54, 1.807) is 6.07 Å². The van der Waals surface area contributed by atoms with E-state index in [2.05, 4.69) is 15.9 Å². The highest BCUT2D eigenvalue weighted by Gasteiger charge is 2.12. The highest BCUT2D eigenvalue weighted by atomic mass is 79.9. The van der Waals surface area contributed by atoms with Crippen LogP contribution in [0.5, 0.6) is 0 Å². The SMILES string of the molecule is Cc1c(F)c(C#N)cc(F)c1Br. The van der Waals surface area contributed by atoms with Gasteiger partial charge in [-0.05, 0) is 28.9 Å². The number of nitrogens with zero attached hydrogens (tertiary/aromatic N) is 1. The fourth-order valence-electron chi connectivity index (χ4n) is 0.812. The fraction of sp³-hybridized carbons (Fsp3) is 0.125. The summed E-state index contributed by atoms with van der Waals surface area (Å²) in [6, 6.07) is 2.44. The van der Waals surface area contributed by atoms with Crippen LogP contribution in [0.15, 0.2) is 10.5 Å². The zero-order chi connectivity index (χ0) is 9.30. The Morgan fingerprint density at radius 3 is 2.58 bits per heavy atom. The maximum atomic E-state index is 13.0. The molecule has 0 aliphatic heterocycles. The Balaban J connectivity index is 3.52. The summed E-state index contributed by atoms with van der Waals surface area (Å²) in [5, 5.41) is 8.39. The van der Waals surface area contributed by atoms with E-state index in [0.29, 0.717) is 0 Å². The number of halogens is 3. The van der Waals surface area contributed by atoms with Crippen molar-refractivity contribution in [3.05, 3.63) is 33.3 Å². The van der Waals surface area contributed by atoms with E-state index in [4.69, 9.17) is 5.26 Å². The summed E-state index contributed by atoms with van der Waals surface area (Å²) < 4.78 is 25.9. The van der Waals surface area contributed by atoms with Crippen molar-refractivity contribution in [1.82, 2.24) is 0 Å². The van der Waals surface area contributed by atoms with E-state index in [-0.39, 0.29) is 15.6 Å². The zero-order valence-corrected chi connectivity index (χ0v) is 7.74. The van der Waals surface area contributed by atoms with Crippen molar-refractivity contribution >= 4 is 15.9 Å². The summed E-state index contributed by atoms with van der Waals surface area (Å²) in [6.45, 7) is 1.41. The van der Waals surface area contributed by atoms with Crippen molar-refractivity contribution in [3.63, 3.8) is 0 Å². The average Bonchev–Trinajstić information content (AvgIpc) is 2.08. The summed E-state index contributed by atoms with van der Waals surface area (Å²) in [6.07, 6.45) is 0. The van der Waals surface area contributed by atoms with Crippen LogP contribution in [0, 0.1) is 29.9 Å². The molecule has 1 rings (SSSR count). The molecule has 0 unspecified atom stereocenters. The second-order valence-corrected chi connectivity index (χ2v) is 3.06. The van der Waals surface area contributed by atoms with Crippen LogP contribution >= 0.6 is 15.9 Å². The van der Waals surface area contributed by atoms with Crippen molar-refractivity contribution in [2.75, 3.05) is 0 Å². The van der Waals surface area contributed by atoms with Crippen molar-refractivity contribution in [3.8, 4) is 6.07 Å². The van der Waals surface area contributed by atoms with Gasteiger partial charge in [0.25, 0.3) is 0 Å². The largest absolute Gasteiger partial charge is 0.206 e. The molecule has 12 heavy (non-hydrogen) atoms. The quantitative estimate of drug-likeness (QED) is 0.631. The second-order valence-electron chi connectivity index (χ2n) is 2.27. The van der Waals surface area contributed by atoms with Gasteiger partial charge in [-0.15, -0.1) is 0 Å². The Morgan fingerprint density at radius 2 is 2.08 bits per heavy atom. The van der Waals surface area contributed by atoms with Crippen LogP contribution in [0.3, 0.4) is 0 Å². The zero-order valence-electron chi connectivity index (χ0n) is 6.16. The van der Waals surface area contributed by atoms with Gasteiger partial charge in [0.2, 0.25) is 0 Å². The minimum absolute atomic E-state index is 0.0685. The molecule has 0 saturated carbocycles. The Kier molecular flexibility index (Phi) is 2.43. The molecular weight excluding hydrogens is 228 g/mol. The molecule has 1 aromatic carbocycles. The molecule has 1 nitrogen and oxygen atoms in total. The van der Waals surface area contributed by atoms with Crippen LogP contribution in [0.1, 0.15) is 11.1 Å². The molecule has 62 valence electrons. The first-order valence-corrected chi connectivity index (χ1v) is 3.91. The van der Waals surface area contributed by atoms with Gasteiger partial charge >= 0.3 is 0 Å². The van der Waals surface area contributed by atoms with E-state index in [1.807, 2.05) is 0 Å². The molecule has 0 radical (unpaired) electrons. The lowest BCUT2D eigenvalue weighted by Crippen LogP contribution is -1.93. The molecule has 0 aliphatic rings. The molecule has 0 aliphatic carbocycles. The predicted octanol–water partition coefficient (Wildman–Crippen LogP) is 2.91. The van der Waals surface area contributed by atoms with Gasteiger partial charge in [0.15, 0.2) is 0 Å². The molecule has 0 spiro atoms. The molecular formula is C8H4BrF2N. The minimum Gasteiger partial charge on any atom is -0.206 e. The predicted molar refractivity (Wildman–Crippen MR) is 43.5 cm³/mol. The van der Waals surface area contributed by atoms with Gasteiger partial charge in [0.05, 0.1) is 10.0 Å². The fourth-order valence-corrected chi connectivity index (χ4v) is 1.10. The van der Waals surface area contributed by atoms with Gasteiger partial charge in [-0.25, -0.2) is 8.78 Å². The lowest BCUT2D eigenvalue weighted by atomic mass is 10.1. The van der Waals surface area contributed by atoms with E-state index < -0.39 is 11.6 Å². The average molecular weight is 232 g/mol. The van der Waals surface area contributed by atoms with E-state index in [0.717, 1.165) is 6.07 Å². The highest BCUT2D eigenvalue weighted by Crippen LogP contribution is 2.24. The van der Waals surface area contributed by atoms with Crippen LogP contribution in [0.25, 0.3) is 0 Å². The second kappa shape index (κ2) is 3.20. The van der Waals surface area contributed by atoms with Crippen LogP contribution in [0.2, 0.25) is 0 Å². The summed E-state index contributed by atoms with van der Waals surface area (Å²) >= 11 is 2.87. The maximum Gasteiger partial charge on any atom is 0.145 e. The Bertz CT molecular complexity index is 368. The van der Waals surface area contributed by atoms with Crippen molar-refractivity contribution in [1.29, 1.82) is 5.26 Å². The molecule has 4 heteroatoms. The van der Waals surface area contributed by atoms with Crippen LogP contribution < -0.4 is 0 Å². The van der Waals surface area contributed by atoms with E-state index in [1.165, 1.54) is 6.92 Å². The number of hydrogen-bond donors (Lipinski definition) is 0. The summed E-state index contributed by atoms with van der Waals surface area (Å²) in [5.41, 5.74) is -0.153. The molecule has 0 saturated heterocycles. The first-order valence-electron chi connectivity index (χ1n) is 3.12.